The summed E-state index contributed by atoms with van der Waals surface area (Å²) in [6.45, 7) is 2.06. The summed E-state index contributed by atoms with van der Waals surface area (Å²) < 4.78 is 5.21. The van der Waals surface area contributed by atoms with Gasteiger partial charge in [0.25, 0.3) is 5.91 Å². The molecule has 0 aliphatic carbocycles. The molecule has 4 heteroatoms. The van der Waals surface area contributed by atoms with Gasteiger partial charge in [-0.15, -0.1) is 0 Å². The number of anilines is 1. The first-order valence-corrected chi connectivity index (χ1v) is 6.50. The summed E-state index contributed by atoms with van der Waals surface area (Å²) in [6, 6.07) is 13.0. The van der Waals surface area contributed by atoms with Crippen molar-refractivity contribution >= 4 is 22.7 Å². The zero-order valence-electron chi connectivity index (χ0n) is 11.1. The van der Waals surface area contributed by atoms with Crippen LogP contribution in [0.1, 0.15) is 22.8 Å². The highest BCUT2D eigenvalue weighted by molar-refractivity contribution is 6.06. The first-order chi connectivity index (χ1) is 9.78. The number of amides is 1. The highest BCUT2D eigenvalue weighted by Gasteiger charge is 2.10. The van der Waals surface area contributed by atoms with Gasteiger partial charge in [0.05, 0.1) is 0 Å². The van der Waals surface area contributed by atoms with Crippen molar-refractivity contribution in [3.63, 3.8) is 0 Å². The maximum absolute atomic E-state index is 12.3. The van der Waals surface area contributed by atoms with Gasteiger partial charge in [0.15, 0.2) is 12.0 Å². The van der Waals surface area contributed by atoms with E-state index in [0.29, 0.717) is 11.1 Å². The quantitative estimate of drug-likeness (QED) is 0.787. The van der Waals surface area contributed by atoms with Crippen molar-refractivity contribution in [2.75, 3.05) is 5.32 Å². The van der Waals surface area contributed by atoms with Gasteiger partial charge in [-0.1, -0.05) is 25.1 Å². The highest BCUT2D eigenvalue weighted by atomic mass is 16.3. The van der Waals surface area contributed by atoms with Gasteiger partial charge >= 0.3 is 0 Å². The number of carbonyl (C=O) groups excluding carboxylic acids is 1. The smallest absolute Gasteiger partial charge is 0.255 e. The lowest BCUT2D eigenvalue weighted by Gasteiger charge is -2.09. The number of hydrogen-bond acceptors (Lipinski definition) is 3. The van der Waals surface area contributed by atoms with E-state index in [9.17, 15) is 4.79 Å². The summed E-state index contributed by atoms with van der Waals surface area (Å²) in [4.78, 5) is 16.3. The minimum atomic E-state index is -0.149. The molecule has 3 aromatic rings. The van der Waals surface area contributed by atoms with Crippen LogP contribution in [0.2, 0.25) is 0 Å². The van der Waals surface area contributed by atoms with Gasteiger partial charge in [-0.05, 0) is 36.2 Å². The van der Waals surface area contributed by atoms with E-state index in [4.69, 9.17) is 4.42 Å². The molecule has 0 aliphatic heterocycles. The third-order valence-corrected chi connectivity index (χ3v) is 3.24. The minimum absolute atomic E-state index is 0.149. The van der Waals surface area contributed by atoms with E-state index in [1.807, 2.05) is 24.3 Å². The van der Waals surface area contributed by atoms with Gasteiger partial charge in [0, 0.05) is 11.3 Å². The molecule has 0 bridgehead atoms. The van der Waals surface area contributed by atoms with E-state index in [1.165, 1.54) is 6.39 Å². The van der Waals surface area contributed by atoms with Crippen LogP contribution < -0.4 is 5.32 Å². The summed E-state index contributed by atoms with van der Waals surface area (Å²) in [5.74, 6) is -0.149. The molecule has 0 fully saturated rings. The summed E-state index contributed by atoms with van der Waals surface area (Å²) in [5.41, 5.74) is 3.87. The maximum atomic E-state index is 12.3. The predicted octanol–water partition coefficient (Wildman–Crippen LogP) is 3.64. The van der Waals surface area contributed by atoms with Crippen LogP contribution >= 0.6 is 0 Å². The van der Waals surface area contributed by atoms with E-state index in [-0.39, 0.29) is 5.91 Å². The van der Waals surface area contributed by atoms with Gasteiger partial charge < -0.3 is 9.73 Å². The van der Waals surface area contributed by atoms with E-state index >= 15 is 0 Å². The lowest BCUT2D eigenvalue weighted by Crippen LogP contribution is -2.13. The minimum Gasteiger partial charge on any atom is -0.443 e. The molecule has 0 unspecified atom stereocenters. The first kappa shape index (κ1) is 12.4. The second kappa shape index (κ2) is 5.17. The number of hydrogen-bond donors (Lipinski definition) is 1. The molecule has 1 N–H and O–H groups in total. The lowest BCUT2D eigenvalue weighted by atomic mass is 10.1. The molecule has 0 aliphatic rings. The van der Waals surface area contributed by atoms with Crippen molar-refractivity contribution in [2.45, 2.75) is 13.3 Å². The number of benzene rings is 2. The number of nitrogens with zero attached hydrogens (tertiary/aromatic N) is 1. The van der Waals surface area contributed by atoms with Crippen LogP contribution in [0.4, 0.5) is 5.69 Å². The van der Waals surface area contributed by atoms with Crippen molar-refractivity contribution in [2.24, 2.45) is 0 Å². The molecule has 3 rings (SSSR count). The average Bonchev–Trinajstić information content (AvgIpc) is 2.95. The fourth-order valence-electron chi connectivity index (χ4n) is 2.14. The standard InChI is InChI=1S/C16H14N2O2/c1-2-11-5-3-4-6-13(11)18-16(19)12-7-8-14-15(9-12)20-10-17-14/h3-10H,2H2,1H3,(H,18,19). The van der Waals surface area contributed by atoms with Crippen molar-refractivity contribution in [3.8, 4) is 0 Å². The summed E-state index contributed by atoms with van der Waals surface area (Å²) in [6.07, 6.45) is 2.25. The van der Waals surface area contributed by atoms with Crippen molar-refractivity contribution in [1.82, 2.24) is 4.98 Å². The molecule has 0 saturated carbocycles. The summed E-state index contributed by atoms with van der Waals surface area (Å²) >= 11 is 0. The molecule has 100 valence electrons. The molecule has 0 atom stereocenters. The molecular weight excluding hydrogens is 252 g/mol. The topological polar surface area (TPSA) is 55.1 Å². The van der Waals surface area contributed by atoms with Gasteiger partial charge in [-0.3, -0.25) is 4.79 Å². The zero-order chi connectivity index (χ0) is 13.9. The second-order valence-corrected chi connectivity index (χ2v) is 4.50. The normalized spacial score (nSPS) is 10.7. The van der Waals surface area contributed by atoms with Crippen LogP contribution in [0.5, 0.6) is 0 Å². The Morgan fingerprint density at radius 1 is 1.25 bits per heavy atom. The molecule has 1 amide bonds. The predicted molar refractivity (Wildman–Crippen MR) is 77.8 cm³/mol. The molecular formula is C16H14N2O2. The molecule has 1 heterocycles. The zero-order valence-corrected chi connectivity index (χ0v) is 11.1. The Kier molecular flexibility index (Phi) is 3.21. The van der Waals surface area contributed by atoms with Crippen LogP contribution in [-0.4, -0.2) is 10.9 Å². The monoisotopic (exact) mass is 266 g/mol. The molecule has 1 aromatic heterocycles. The average molecular weight is 266 g/mol. The highest BCUT2D eigenvalue weighted by Crippen LogP contribution is 2.18. The van der Waals surface area contributed by atoms with Crippen LogP contribution in [-0.2, 0) is 6.42 Å². The van der Waals surface area contributed by atoms with E-state index in [2.05, 4.69) is 17.2 Å². The molecule has 2 aromatic carbocycles. The third-order valence-electron chi connectivity index (χ3n) is 3.24. The Morgan fingerprint density at radius 2 is 2.10 bits per heavy atom. The SMILES string of the molecule is CCc1ccccc1NC(=O)c1ccc2ncoc2c1. The fourth-order valence-corrected chi connectivity index (χ4v) is 2.14. The number of aryl methyl sites for hydroxylation is 1. The van der Waals surface area contributed by atoms with Crippen LogP contribution in [0.15, 0.2) is 53.3 Å². The van der Waals surface area contributed by atoms with Gasteiger partial charge in [0.2, 0.25) is 0 Å². The number of rotatable bonds is 3. The number of fused-ring (bicyclic) bond motifs is 1. The summed E-state index contributed by atoms with van der Waals surface area (Å²) in [5, 5.41) is 2.93. The van der Waals surface area contributed by atoms with Crippen molar-refractivity contribution in [1.29, 1.82) is 0 Å². The number of carbonyl (C=O) groups is 1. The Labute approximate surface area is 116 Å². The first-order valence-electron chi connectivity index (χ1n) is 6.50. The van der Waals surface area contributed by atoms with E-state index < -0.39 is 0 Å². The van der Waals surface area contributed by atoms with Crippen LogP contribution in [0.3, 0.4) is 0 Å². The summed E-state index contributed by atoms with van der Waals surface area (Å²) in [7, 11) is 0. The van der Waals surface area contributed by atoms with E-state index in [1.54, 1.807) is 18.2 Å². The number of aromatic nitrogens is 1. The molecule has 0 saturated heterocycles. The maximum Gasteiger partial charge on any atom is 0.255 e. The largest absolute Gasteiger partial charge is 0.443 e. The van der Waals surface area contributed by atoms with Crippen LogP contribution in [0.25, 0.3) is 11.1 Å². The molecule has 20 heavy (non-hydrogen) atoms. The third kappa shape index (κ3) is 2.28. The number of oxazole rings is 1. The molecule has 4 nitrogen and oxygen atoms in total. The van der Waals surface area contributed by atoms with Gasteiger partial charge in [-0.25, -0.2) is 4.98 Å². The number of nitrogens with one attached hydrogen (secondary N) is 1. The fraction of sp³-hybridized carbons (Fsp3) is 0.125. The Morgan fingerprint density at radius 3 is 2.95 bits per heavy atom. The van der Waals surface area contributed by atoms with Gasteiger partial charge in [0.1, 0.15) is 5.52 Å². The lowest BCUT2D eigenvalue weighted by molar-refractivity contribution is 0.102. The second-order valence-electron chi connectivity index (χ2n) is 4.50. The van der Waals surface area contributed by atoms with E-state index in [0.717, 1.165) is 23.2 Å². The Hall–Kier alpha value is -2.62. The molecule has 0 spiro atoms. The van der Waals surface area contributed by atoms with Crippen LogP contribution in [0, 0.1) is 0 Å². The van der Waals surface area contributed by atoms with Crippen molar-refractivity contribution < 1.29 is 9.21 Å². The number of para-hydroxylation sites is 1. The Bertz CT molecular complexity index is 762. The Balaban J connectivity index is 1.88. The van der Waals surface area contributed by atoms with Gasteiger partial charge in [-0.2, -0.15) is 0 Å². The van der Waals surface area contributed by atoms with Crippen molar-refractivity contribution in [3.05, 3.63) is 60.0 Å². The molecule has 0 radical (unpaired) electrons.